The molecule has 6 nitrogen and oxygen atoms in total. The molecular formula is C17H15ClN2O4S. The summed E-state index contributed by atoms with van der Waals surface area (Å²) in [5.41, 5.74) is 1.51. The van der Waals surface area contributed by atoms with Crippen LogP contribution in [0.3, 0.4) is 0 Å². The summed E-state index contributed by atoms with van der Waals surface area (Å²) in [6.45, 7) is 0.317. The smallest absolute Gasteiger partial charge is 0.330 e. The summed E-state index contributed by atoms with van der Waals surface area (Å²) in [4.78, 5) is 15.6. The molecule has 0 aliphatic carbocycles. The number of esters is 1. The minimum absolute atomic E-state index is 0.168. The molecule has 1 aliphatic heterocycles. The second-order valence-electron chi connectivity index (χ2n) is 5.39. The van der Waals surface area contributed by atoms with Gasteiger partial charge in [-0.3, -0.25) is 0 Å². The molecule has 0 spiro atoms. The molecule has 0 bridgehead atoms. The minimum atomic E-state index is -3.69. The van der Waals surface area contributed by atoms with Gasteiger partial charge in [-0.15, -0.1) is 0 Å². The molecule has 25 heavy (non-hydrogen) atoms. The van der Waals surface area contributed by atoms with E-state index in [-0.39, 0.29) is 4.90 Å². The summed E-state index contributed by atoms with van der Waals surface area (Å²) in [6, 6.07) is 7.85. The highest BCUT2D eigenvalue weighted by atomic mass is 35.5. The average molecular weight is 379 g/mol. The fourth-order valence-electron chi connectivity index (χ4n) is 2.55. The summed E-state index contributed by atoms with van der Waals surface area (Å²) >= 11 is 5.82. The van der Waals surface area contributed by atoms with Gasteiger partial charge >= 0.3 is 5.97 Å². The summed E-state index contributed by atoms with van der Waals surface area (Å²) in [7, 11) is -2.39. The standard InChI is InChI=1S/C17H15ClN2O4S/c1-24-16(21)7-2-12-10-13-8-9-20(17(13)19-11-12)25(22,23)15-5-3-14(18)4-6-15/h2-7,10-11H,8-9H2,1H3/b7-2+. The van der Waals surface area contributed by atoms with Crippen molar-refractivity contribution >= 4 is 39.5 Å². The maximum atomic E-state index is 12.8. The van der Waals surface area contributed by atoms with Crippen LogP contribution in [0.1, 0.15) is 11.1 Å². The fourth-order valence-corrected chi connectivity index (χ4v) is 4.13. The van der Waals surface area contributed by atoms with Crippen LogP contribution in [0.5, 0.6) is 0 Å². The monoisotopic (exact) mass is 378 g/mol. The molecule has 0 radical (unpaired) electrons. The van der Waals surface area contributed by atoms with E-state index in [0.717, 1.165) is 5.56 Å². The van der Waals surface area contributed by atoms with E-state index in [9.17, 15) is 13.2 Å². The molecule has 2 aromatic rings. The molecule has 0 amide bonds. The van der Waals surface area contributed by atoms with Crippen LogP contribution in [0.15, 0.2) is 47.5 Å². The zero-order valence-electron chi connectivity index (χ0n) is 13.3. The molecule has 8 heteroatoms. The van der Waals surface area contributed by atoms with E-state index >= 15 is 0 Å². The molecule has 0 atom stereocenters. The van der Waals surface area contributed by atoms with Crippen LogP contribution < -0.4 is 4.31 Å². The zero-order chi connectivity index (χ0) is 18.0. The van der Waals surface area contributed by atoms with Crippen LogP contribution in [-0.4, -0.2) is 33.0 Å². The van der Waals surface area contributed by atoms with Crippen LogP contribution in [0.4, 0.5) is 5.82 Å². The van der Waals surface area contributed by atoms with Crippen molar-refractivity contribution in [2.75, 3.05) is 18.0 Å². The lowest BCUT2D eigenvalue weighted by atomic mass is 10.1. The highest BCUT2D eigenvalue weighted by Crippen LogP contribution is 2.32. The van der Waals surface area contributed by atoms with Gasteiger partial charge in [0.25, 0.3) is 10.0 Å². The highest BCUT2D eigenvalue weighted by Gasteiger charge is 2.32. The van der Waals surface area contributed by atoms with Crippen molar-refractivity contribution in [1.29, 1.82) is 0 Å². The lowest BCUT2D eigenvalue weighted by molar-refractivity contribution is -0.134. The first-order valence-corrected chi connectivity index (χ1v) is 9.27. The summed E-state index contributed by atoms with van der Waals surface area (Å²) in [6.07, 6.45) is 4.94. The summed E-state index contributed by atoms with van der Waals surface area (Å²) < 4.78 is 31.5. The van der Waals surface area contributed by atoms with Gasteiger partial charge in [-0.25, -0.2) is 22.5 Å². The van der Waals surface area contributed by atoms with Crippen LogP contribution in [0.25, 0.3) is 6.08 Å². The number of ether oxygens (including phenoxy) is 1. The Morgan fingerprint density at radius 1 is 1.32 bits per heavy atom. The van der Waals surface area contributed by atoms with Gasteiger partial charge in [-0.05, 0) is 54.0 Å². The molecule has 1 aromatic heterocycles. The Bertz CT molecular complexity index is 940. The Morgan fingerprint density at radius 3 is 2.72 bits per heavy atom. The number of hydrogen-bond donors (Lipinski definition) is 0. The number of rotatable bonds is 4. The Kier molecular flexibility index (Phi) is 4.78. The molecule has 0 N–H and O–H groups in total. The largest absolute Gasteiger partial charge is 0.466 e. The van der Waals surface area contributed by atoms with Crippen molar-refractivity contribution in [3.8, 4) is 0 Å². The predicted octanol–water partition coefficient (Wildman–Crippen LogP) is 2.67. The molecule has 3 rings (SSSR count). The van der Waals surface area contributed by atoms with Gasteiger partial charge in [0.05, 0.1) is 12.0 Å². The average Bonchev–Trinajstić information content (AvgIpc) is 3.04. The molecule has 0 unspecified atom stereocenters. The van der Waals surface area contributed by atoms with E-state index in [4.69, 9.17) is 11.6 Å². The second kappa shape index (κ2) is 6.85. The third-order valence-electron chi connectivity index (χ3n) is 3.80. The minimum Gasteiger partial charge on any atom is -0.466 e. The molecule has 130 valence electrons. The number of halogens is 1. The van der Waals surface area contributed by atoms with Crippen LogP contribution in [-0.2, 0) is 26.0 Å². The Hall–Kier alpha value is -2.38. The number of sulfonamides is 1. The van der Waals surface area contributed by atoms with Crippen molar-refractivity contribution < 1.29 is 17.9 Å². The number of carbonyl (C=O) groups is 1. The van der Waals surface area contributed by atoms with Crippen molar-refractivity contribution in [3.63, 3.8) is 0 Å². The van der Waals surface area contributed by atoms with Gasteiger partial charge in [-0.2, -0.15) is 0 Å². The van der Waals surface area contributed by atoms with Gasteiger partial charge in [0, 0.05) is 23.8 Å². The summed E-state index contributed by atoms with van der Waals surface area (Å²) in [5, 5.41) is 0.473. The Morgan fingerprint density at radius 2 is 2.04 bits per heavy atom. The third-order valence-corrected chi connectivity index (χ3v) is 5.85. The normalized spacial score (nSPS) is 13.9. The molecule has 0 saturated heterocycles. The maximum Gasteiger partial charge on any atom is 0.330 e. The first-order valence-electron chi connectivity index (χ1n) is 7.45. The fraction of sp³-hybridized carbons (Fsp3) is 0.176. The maximum absolute atomic E-state index is 12.8. The number of carbonyl (C=O) groups excluding carboxylic acids is 1. The number of hydrogen-bond acceptors (Lipinski definition) is 5. The highest BCUT2D eigenvalue weighted by molar-refractivity contribution is 7.92. The first-order chi connectivity index (χ1) is 11.9. The molecule has 2 heterocycles. The van der Waals surface area contributed by atoms with E-state index in [2.05, 4.69) is 9.72 Å². The number of pyridine rings is 1. The van der Waals surface area contributed by atoms with Gasteiger partial charge < -0.3 is 4.74 Å². The summed E-state index contributed by atoms with van der Waals surface area (Å²) in [5.74, 6) is -0.0578. The van der Waals surface area contributed by atoms with E-state index < -0.39 is 16.0 Å². The van der Waals surface area contributed by atoms with Gasteiger partial charge in [-0.1, -0.05) is 11.6 Å². The third kappa shape index (κ3) is 3.52. The molecule has 0 fully saturated rings. The lowest BCUT2D eigenvalue weighted by Crippen LogP contribution is -2.29. The SMILES string of the molecule is COC(=O)/C=C/c1cnc2c(c1)CCN2S(=O)(=O)c1ccc(Cl)cc1. The van der Waals surface area contributed by atoms with E-state index in [1.54, 1.807) is 18.2 Å². The van der Waals surface area contributed by atoms with E-state index in [1.807, 2.05) is 6.07 Å². The van der Waals surface area contributed by atoms with Gasteiger partial charge in [0.2, 0.25) is 0 Å². The number of benzene rings is 1. The van der Waals surface area contributed by atoms with Crippen molar-refractivity contribution in [3.05, 3.63) is 58.8 Å². The molecule has 1 aliphatic rings. The van der Waals surface area contributed by atoms with Gasteiger partial charge in [0.15, 0.2) is 0 Å². The lowest BCUT2D eigenvalue weighted by Gasteiger charge is -2.18. The second-order valence-corrected chi connectivity index (χ2v) is 7.69. The van der Waals surface area contributed by atoms with Crippen molar-refractivity contribution in [1.82, 2.24) is 4.98 Å². The number of aromatic nitrogens is 1. The topological polar surface area (TPSA) is 76.6 Å². The van der Waals surface area contributed by atoms with Crippen LogP contribution in [0, 0.1) is 0 Å². The molecule has 1 aromatic carbocycles. The predicted molar refractivity (Wildman–Crippen MR) is 95.0 cm³/mol. The Balaban J connectivity index is 1.90. The van der Waals surface area contributed by atoms with E-state index in [0.29, 0.717) is 29.4 Å². The van der Waals surface area contributed by atoms with Crippen molar-refractivity contribution in [2.45, 2.75) is 11.3 Å². The number of nitrogens with zero attached hydrogens (tertiary/aromatic N) is 2. The first kappa shape index (κ1) is 17.4. The van der Waals surface area contributed by atoms with Gasteiger partial charge in [0.1, 0.15) is 5.82 Å². The quantitative estimate of drug-likeness (QED) is 0.604. The van der Waals surface area contributed by atoms with Crippen LogP contribution >= 0.6 is 11.6 Å². The number of fused-ring (bicyclic) bond motifs is 1. The van der Waals surface area contributed by atoms with E-state index in [1.165, 1.54) is 35.8 Å². The Labute approximate surface area is 150 Å². The zero-order valence-corrected chi connectivity index (χ0v) is 14.9. The molecule has 0 saturated carbocycles. The number of methoxy groups -OCH3 is 1. The van der Waals surface area contributed by atoms with Crippen LogP contribution in [0.2, 0.25) is 5.02 Å². The number of anilines is 1. The van der Waals surface area contributed by atoms with Crippen molar-refractivity contribution in [2.24, 2.45) is 0 Å². The molecular weight excluding hydrogens is 364 g/mol.